The number of para-hydroxylation sites is 1. The number of benzene rings is 2. The quantitative estimate of drug-likeness (QED) is 0.316. The van der Waals surface area contributed by atoms with E-state index in [2.05, 4.69) is 5.32 Å². The first kappa shape index (κ1) is 18.1. The monoisotopic (exact) mass is 391 g/mol. The van der Waals surface area contributed by atoms with Crippen molar-refractivity contribution in [1.29, 1.82) is 0 Å². The molecule has 2 heterocycles. The fourth-order valence-electron chi connectivity index (χ4n) is 2.97. The van der Waals surface area contributed by atoms with Gasteiger partial charge < -0.3 is 9.73 Å². The van der Waals surface area contributed by atoms with Gasteiger partial charge in [0.25, 0.3) is 11.6 Å². The Labute approximate surface area is 163 Å². The van der Waals surface area contributed by atoms with Crippen molar-refractivity contribution in [3.8, 4) is 0 Å². The van der Waals surface area contributed by atoms with Gasteiger partial charge in [-0.2, -0.15) is 0 Å². The molecule has 0 spiro atoms. The molecule has 1 aromatic heterocycles. The topological polar surface area (TPSA) is 123 Å². The molecular formula is C20H13N3O6. The zero-order valence-electron chi connectivity index (χ0n) is 14.8. The minimum absolute atomic E-state index is 0.0560. The van der Waals surface area contributed by atoms with E-state index in [0.717, 1.165) is 4.90 Å². The van der Waals surface area contributed by atoms with Gasteiger partial charge in [0.05, 0.1) is 22.4 Å². The lowest BCUT2D eigenvalue weighted by Crippen LogP contribution is -2.30. The molecule has 9 heteroatoms. The van der Waals surface area contributed by atoms with E-state index in [1.165, 1.54) is 36.6 Å². The number of hydrogen-bond acceptors (Lipinski definition) is 6. The van der Waals surface area contributed by atoms with Crippen molar-refractivity contribution in [2.75, 3.05) is 0 Å². The molecule has 0 unspecified atom stereocenters. The average Bonchev–Trinajstić information content (AvgIpc) is 2.98. The van der Waals surface area contributed by atoms with Crippen LogP contribution >= 0.6 is 0 Å². The van der Waals surface area contributed by atoms with Crippen molar-refractivity contribution in [3.05, 3.63) is 92.0 Å². The summed E-state index contributed by atoms with van der Waals surface area (Å²) in [6, 6.07) is 11.6. The molecule has 3 aromatic rings. The predicted molar refractivity (Wildman–Crippen MR) is 103 cm³/mol. The second kappa shape index (κ2) is 7.04. The summed E-state index contributed by atoms with van der Waals surface area (Å²) in [6.45, 7) is -0.0632. The van der Waals surface area contributed by atoms with Gasteiger partial charge in [-0.15, -0.1) is 0 Å². The maximum atomic E-state index is 12.6. The molecule has 29 heavy (non-hydrogen) atoms. The number of fused-ring (bicyclic) bond motifs is 1. The van der Waals surface area contributed by atoms with Gasteiger partial charge in [-0.05, 0) is 23.8 Å². The van der Waals surface area contributed by atoms with Crippen LogP contribution in [0.4, 0.5) is 10.5 Å². The minimum atomic E-state index is -0.648. The first-order valence-electron chi connectivity index (χ1n) is 8.52. The van der Waals surface area contributed by atoms with Crippen molar-refractivity contribution in [1.82, 2.24) is 10.2 Å². The molecule has 2 aromatic carbocycles. The number of non-ortho nitro benzene ring substituents is 1. The van der Waals surface area contributed by atoms with Crippen molar-refractivity contribution in [3.63, 3.8) is 0 Å². The van der Waals surface area contributed by atoms with Crippen LogP contribution < -0.4 is 10.7 Å². The number of imide groups is 1. The van der Waals surface area contributed by atoms with Crippen LogP contribution in [0.25, 0.3) is 17.0 Å². The van der Waals surface area contributed by atoms with Gasteiger partial charge in [-0.1, -0.05) is 24.3 Å². The number of urea groups is 1. The number of nitro benzene ring substituents is 1. The van der Waals surface area contributed by atoms with E-state index in [4.69, 9.17) is 4.42 Å². The molecule has 0 aliphatic carbocycles. The van der Waals surface area contributed by atoms with Crippen molar-refractivity contribution in [2.45, 2.75) is 6.54 Å². The standard InChI is InChI=1S/C20H13N3O6/c24-18-13(11-29-17-4-2-1-3-15(17)18)9-16-19(25)22(20(26)21-16)10-12-5-7-14(8-6-12)23(27)28/h1-9,11H,10H2,(H,21,26)/b16-9+. The Morgan fingerprint density at radius 3 is 2.52 bits per heavy atom. The Balaban J connectivity index is 1.60. The summed E-state index contributed by atoms with van der Waals surface area (Å²) in [4.78, 5) is 48.5. The molecule has 0 saturated carbocycles. The Morgan fingerprint density at radius 2 is 1.79 bits per heavy atom. The van der Waals surface area contributed by atoms with Gasteiger partial charge in [0.1, 0.15) is 17.5 Å². The molecule has 1 N–H and O–H groups in total. The van der Waals surface area contributed by atoms with Gasteiger partial charge in [-0.3, -0.25) is 24.6 Å². The number of nitrogens with one attached hydrogen (secondary N) is 1. The maximum absolute atomic E-state index is 12.6. The number of rotatable bonds is 4. The Kier molecular flexibility index (Phi) is 4.40. The SMILES string of the molecule is O=C1N/C(=C/c2coc3ccccc3c2=O)C(=O)N1Cc1ccc([N+](=O)[O-])cc1. The van der Waals surface area contributed by atoms with Crippen LogP contribution in [-0.4, -0.2) is 21.8 Å². The third-order valence-electron chi connectivity index (χ3n) is 4.46. The minimum Gasteiger partial charge on any atom is -0.463 e. The number of carbonyl (C=O) groups excluding carboxylic acids is 2. The molecule has 1 aliphatic heterocycles. The lowest BCUT2D eigenvalue weighted by molar-refractivity contribution is -0.384. The van der Waals surface area contributed by atoms with Gasteiger partial charge in [0.2, 0.25) is 0 Å². The van der Waals surface area contributed by atoms with Crippen LogP contribution in [0.1, 0.15) is 11.1 Å². The number of hydrogen-bond donors (Lipinski definition) is 1. The van der Waals surface area contributed by atoms with Crippen molar-refractivity contribution >= 4 is 34.7 Å². The fraction of sp³-hybridized carbons (Fsp3) is 0.0500. The van der Waals surface area contributed by atoms with E-state index in [-0.39, 0.29) is 28.9 Å². The number of nitrogens with zero attached hydrogens (tertiary/aromatic N) is 2. The Morgan fingerprint density at radius 1 is 1.07 bits per heavy atom. The molecule has 0 bridgehead atoms. The molecule has 0 atom stereocenters. The van der Waals surface area contributed by atoms with Crippen LogP contribution in [0, 0.1) is 10.1 Å². The van der Waals surface area contributed by atoms with E-state index >= 15 is 0 Å². The van der Waals surface area contributed by atoms with Gasteiger partial charge in [0.15, 0.2) is 5.43 Å². The van der Waals surface area contributed by atoms with Crippen LogP contribution in [0.2, 0.25) is 0 Å². The Bertz CT molecular complexity index is 1240. The lowest BCUT2D eigenvalue weighted by atomic mass is 10.1. The molecule has 1 fully saturated rings. The molecule has 144 valence electrons. The predicted octanol–water partition coefficient (Wildman–Crippen LogP) is 2.79. The molecule has 0 radical (unpaired) electrons. The van der Waals surface area contributed by atoms with Gasteiger partial charge in [-0.25, -0.2) is 4.79 Å². The third kappa shape index (κ3) is 3.36. The summed E-state index contributed by atoms with van der Waals surface area (Å²) in [6.07, 6.45) is 2.50. The fourth-order valence-corrected chi connectivity index (χ4v) is 2.97. The molecule has 3 amide bonds. The highest BCUT2D eigenvalue weighted by molar-refractivity contribution is 6.13. The number of nitro groups is 1. The van der Waals surface area contributed by atoms with Crippen molar-refractivity contribution < 1.29 is 18.9 Å². The van der Waals surface area contributed by atoms with E-state index < -0.39 is 16.9 Å². The maximum Gasteiger partial charge on any atom is 0.329 e. The molecule has 1 saturated heterocycles. The summed E-state index contributed by atoms with van der Waals surface area (Å²) in [5.74, 6) is -0.610. The van der Waals surface area contributed by atoms with Gasteiger partial charge >= 0.3 is 6.03 Å². The highest BCUT2D eigenvalue weighted by Gasteiger charge is 2.33. The second-order valence-corrected chi connectivity index (χ2v) is 6.32. The first-order valence-corrected chi connectivity index (χ1v) is 8.52. The second-order valence-electron chi connectivity index (χ2n) is 6.32. The van der Waals surface area contributed by atoms with E-state index in [9.17, 15) is 24.5 Å². The van der Waals surface area contributed by atoms with Crippen molar-refractivity contribution in [2.24, 2.45) is 0 Å². The highest BCUT2D eigenvalue weighted by atomic mass is 16.6. The lowest BCUT2D eigenvalue weighted by Gasteiger charge is -2.11. The summed E-state index contributed by atoms with van der Waals surface area (Å²) < 4.78 is 5.41. The smallest absolute Gasteiger partial charge is 0.329 e. The summed E-state index contributed by atoms with van der Waals surface area (Å²) in [7, 11) is 0. The van der Waals surface area contributed by atoms with Crippen LogP contribution in [-0.2, 0) is 11.3 Å². The largest absolute Gasteiger partial charge is 0.463 e. The summed E-state index contributed by atoms with van der Waals surface area (Å²) in [5.41, 5.74) is 0.626. The average molecular weight is 391 g/mol. The van der Waals surface area contributed by atoms with E-state index in [1.807, 2.05) is 0 Å². The zero-order chi connectivity index (χ0) is 20.5. The van der Waals surface area contributed by atoms with Crippen LogP contribution in [0.3, 0.4) is 0 Å². The Hall–Kier alpha value is -4.27. The van der Waals surface area contributed by atoms with E-state index in [1.54, 1.807) is 24.3 Å². The van der Waals surface area contributed by atoms with E-state index in [0.29, 0.717) is 16.5 Å². The highest BCUT2D eigenvalue weighted by Crippen LogP contribution is 2.19. The normalized spacial score (nSPS) is 15.2. The zero-order valence-corrected chi connectivity index (χ0v) is 14.8. The summed E-state index contributed by atoms with van der Waals surface area (Å²) in [5, 5.41) is 13.5. The molecule has 9 nitrogen and oxygen atoms in total. The van der Waals surface area contributed by atoms with Gasteiger partial charge in [0, 0.05) is 12.1 Å². The first-order chi connectivity index (χ1) is 13.9. The van der Waals surface area contributed by atoms with Crippen LogP contribution in [0.15, 0.2) is 69.7 Å². The third-order valence-corrected chi connectivity index (χ3v) is 4.46. The molecular weight excluding hydrogens is 378 g/mol. The summed E-state index contributed by atoms with van der Waals surface area (Å²) >= 11 is 0. The molecule has 1 aliphatic rings. The molecule has 4 rings (SSSR count). The number of carbonyl (C=O) groups is 2. The van der Waals surface area contributed by atoms with Crippen LogP contribution in [0.5, 0.6) is 0 Å². The number of amides is 3.